The van der Waals surface area contributed by atoms with Crippen LogP contribution < -0.4 is 0 Å². The largest absolute Gasteiger partial charge is 0.390 e. The van der Waals surface area contributed by atoms with E-state index in [2.05, 4.69) is 0 Å². The summed E-state index contributed by atoms with van der Waals surface area (Å²) in [4.78, 5) is 0.286. The summed E-state index contributed by atoms with van der Waals surface area (Å²) in [6.07, 6.45) is 2.07. The molecule has 0 fully saturated rings. The topological polar surface area (TPSA) is 74.6 Å². The highest BCUT2D eigenvalue weighted by atomic mass is 32.2. The first-order valence-electron chi connectivity index (χ1n) is 6.49. The zero-order valence-corrected chi connectivity index (χ0v) is 12.2. The fraction of sp³-hybridized carbons (Fsp3) is 0.571. The Kier molecular flexibility index (Phi) is 5.97. The Morgan fingerprint density at radius 1 is 1.16 bits per heavy atom. The molecule has 1 rings (SSSR count). The first-order valence-corrected chi connectivity index (χ1v) is 8.39. The van der Waals surface area contributed by atoms with Gasteiger partial charge in [-0.3, -0.25) is 0 Å². The third-order valence-electron chi connectivity index (χ3n) is 3.08. The lowest BCUT2D eigenvalue weighted by Crippen LogP contribution is -2.26. The molecular formula is C14H22O4S. The molecule has 2 N–H and O–H groups in total. The van der Waals surface area contributed by atoms with Crippen LogP contribution in [0.3, 0.4) is 0 Å². The summed E-state index contributed by atoms with van der Waals surface area (Å²) in [5.74, 6) is 0. The highest BCUT2D eigenvalue weighted by Crippen LogP contribution is 2.15. The molecule has 0 aliphatic carbocycles. The first kappa shape index (κ1) is 16.1. The molecule has 0 spiro atoms. The van der Waals surface area contributed by atoms with Gasteiger partial charge in [0.15, 0.2) is 9.84 Å². The summed E-state index contributed by atoms with van der Waals surface area (Å²) in [6.45, 7) is 1.95. The van der Waals surface area contributed by atoms with Gasteiger partial charge >= 0.3 is 0 Å². The van der Waals surface area contributed by atoms with Gasteiger partial charge in [0.25, 0.3) is 0 Å². The number of hydrogen-bond donors (Lipinski definition) is 2. The van der Waals surface area contributed by atoms with Gasteiger partial charge in [-0.2, -0.15) is 0 Å². The van der Waals surface area contributed by atoms with Gasteiger partial charge in [0, 0.05) is 6.26 Å². The highest BCUT2D eigenvalue weighted by molar-refractivity contribution is 7.90. The van der Waals surface area contributed by atoms with Crippen molar-refractivity contribution in [2.45, 2.75) is 49.7 Å². The summed E-state index contributed by atoms with van der Waals surface area (Å²) in [5.41, 5.74) is 0.852. The number of aryl methyl sites for hydroxylation is 1. The van der Waals surface area contributed by atoms with E-state index in [1.165, 1.54) is 6.26 Å². The minimum Gasteiger partial charge on any atom is -0.390 e. The Morgan fingerprint density at radius 3 is 2.37 bits per heavy atom. The molecule has 0 radical (unpaired) electrons. The summed E-state index contributed by atoms with van der Waals surface area (Å²) < 4.78 is 22.9. The van der Waals surface area contributed by atoms with Gasteiger partial charge in [-0.1, -0.05) is 25.5 Å². The number of sulfone groups is 1. The number of benzene rings is 1. The number of hydrogen-bond acceptors (Lipinski definition) is 4. The minimum atomic E-state index is -3.20. The molecule has 5 heteroatoms. The maximum absolute atomic E-state index is 11.4. The van der Waals surface area contributed by atoms with Crippen molar-refractivity contribution in [1.82, 2.24) is 0 Å². The first-order chi connectivity index (χ1) is 8.84. The van der Waals surface area contributed by atoms with Gasteiger partial charge in [0.1, 0.15) is 0 Å². The van der Waals surface area contributed by atoms with Crippen molar-refractivity contribution in [2.24, 2.45) is 0 Å². The quantitative estimate of drug-likeness (QED) is 0.797. The lowest BCUT2D eigenvalue weighted by Gasteiger charge is -2.17. The Labute approximate surface area is 115 Å². The molecule has 1 aromatic carbocycles. The SMILES string of the molecule is CCCC(O)C(O)CCc1cccc(S(C)(=O)=O)c1. The molecule has 1 aromatic rings. The second kappa shape index (κ2) is 7.03. The van der Waals surface area contributed by atoms with E-state index in [9.17, 15) is 18.6 Å². The number of aliphatic hydroxyl groups is 2. The van der Waals surface area contributed by atoms with Crippen molar-refractivity contribution in [1.29, 1.82) is 0 Å². The third kappa shape index (κ3) is 5.30. The number of rotatable bonds is 7. The van der Waals surface area contributed by atoms with E-state index in [0.717, 1.165) is 12.0 Å². The van der Waals surface area contributed by atoms with Crippen LogP contribution in [0.25, 0.3) is 0 Å². The molecule has 0 amide bonds. The Bertz CT molecular complexity index is 496. The van der Waals surface area contributed by atoms with Crippen molar-refractivity contribution < 1.29 is 18.6 Å². The molecule has 19 heavy (non-hydrogen) atoms. The predicted molar refractivity (Wildman–Crippen MR) is 74.8 cm³/mol. The van der Waals surface area contributed by atoms with Gasteiger partial charge in [-0.15, -0.1) is 0 Å². The standard InChI is InChI=1S/C14H22O4S/c1-3-5-13(15)14(16)9-8-11-6-4-7-12(10-11)19(2,17)18/h4,6-7,10,13-16H,3,5,8-9H2,1-2H3. The second-order valence-electron chi connectivity index (χ2n) is 4.88. The summed E-state index contributed by atoms with van der Waals surface area (Å²) in [6, 6.07) is 6.70. The van der Waals surface area contributed by atoms with Gasteiger partial charge in [-0.05, 0) is 37.0 Å². The van der Waals surface area contributed by atoms with Gasteiger partial charge in [0.05, 0.1) is 17.1 Å². The van der Waals surface area contributed by atoms with Crippen LogP contribution in [0.4, 0.5) is 0 Å². The minimum absolute atomic E-state index is 0.286. The van der Waals surface area contributed by atoms with Crippen LogP contribution >= 0.6 is 0 Å². The molecule has 0 aliphatic rings. The monoisotopic (exact) mass is 286 g/mol. The predicted octanol–water partition coefficient (Wildman–Crippen LogP) is 1.54. The van der Waals surface area contributed by atoms with Gasteiger partial charge < -0.3 is 10.2 Å². The molecule has 2 unspecified atom stereocenters. The second-order valence-corrected chi connectivity index (χ2v) is 6.90. The van der Waals surface area contributed by atoms with Crippen molar-refractivity contribution >= 4 is 9.84 Å². The van der Waals surface area contributed by atoms with Crippen LogP contribution in [-0.2, 0) is 16.3 Å². The van der Waals surface area contributed by atoms with Gasteiger partial charge in [0.2, 0.25) is 0 Å². The fourth-order valence-electron chi connectivity index (χ4n) is 1.93. The third-order valence-corrected chi connectivity index (χ3v) is 4.19. The van der Waals surface area contributed by atoms with E-state index in [0.29, 0.717) is 19.3 Å². The maximum atomic E-state index is 11.4. The molecule has 2 atom stereocenters. The van der Waals surface area contributed by atoms with Crippen molar-refractivity contribution in [3.8, 4) is 0 Å². The zero-order valence-electron chi connectivity index (χ0n) is 11.4. The average Bonchev–Trinajstić information content (AvgIpc) is 2.35. The van der Waals surface area contributed by atoms with Crippen LogP contribution in [-0.4, -0.2) is 37.1 Å². The maximum Gasteiger partial charge on any atom is 0.175 e. The number of aliphatic hydroxyl groups excluding tert-OH is 2. The molecule has 0 bridgehead atoms. The lowest BCUT2D eigenvalue weighted by molar-refractivity contribution is 0.00980. The van der Waals surface area contributed by atoms with Crippen LogP contribution in [0, 0.1) is 0 Å². The summed E-state index contributed by atoms with van der Waals surface area (Å²) in [5, 5.41) is 19.4. The van der Waals surface area contributed by atoms with Crippen LogP contribution in [0.5, 0.6) is 0 Å². The van der Waals surface area contributed by atoms with E-state index in [1.54, 1.807) is 18.2 Å². The lowest BCUT2D eigenvalue weighted by atomic mass is 10.0. The van der Waals surface area contributed by atoms with Crippen LogP contribution in [0.15, 0.2) is 29.2 Å². The van der Waals surface area contributed by atoms with E-state index in [4.69, 9.17) is 0 Å². The molecule has 0 aliphatic heterocycles. The Balaban J connectivity index is 2.64. The van der Waals surface area contributed by atoms with E-state index in [-0.39, 0.29) is 4.90 Å². The smallest absolute Gasteiger partial charge is 0.175 e. The van der Waals surface area contributed by atoms with E-state index < -0.39 is 22.0 Å². The fourth-order valence-corrected chi connectivity index (χ4v) is 2.62. The summed E-state index contributed by atoms with van der Waals surface area (Å²) >= 11 is 0. The average molecular weight is 286 g/mol. The van der Waals surface area contributed by atoms with Crippen LogP contribution in [0.2, 0.25) is 0 Å². The molecule has 108 valence electrons. The van der Waals surface area contributed by atoms with Crippen LogP contribution in [0.1, 0.15) is 31.7 Å². The van der Waals surface area contributed by atoms with Gasteiger partial charge in [-0.25, -0.2) is 8.42 Å². The molecule has 0 saturated carbocycles. The van der Waals surface area contributed by atoms with Crippen molar-refractivity contribution in [3.63, 3.8) is 0 Å². The van der Waals surface area contributed by atoms with Crippen molar-refractivity contribution in [3.05, 3.63) is 29.8 Å². The molecule has 0 aromatic heterocycles. The van der Waals surface area contributed by atoms with Crippen molar-refractivity contribution in [2.75, 3.05) is 6.26 Å². The molecule has 0 saturated heterocycles. The summed E-state index contributed by atoms with van der Waals surface area (Å²) in [7, 11) is -3.20. The van der Waals surface area contributed by atoms with E-state index in [1.807, 2.05) is 13.0 Å². The molecule has 4 nitrogen and oxygen atoms in total. The Hall–Kier alpha value is -0.910. The normalized spacial score (nSPS) is 15.2. The Morgan fingerprint density at radius 2 is 1.79 bits per heavy atom. The zero-order chi connectivity index (χ0) is 14.5. The molecule has 0 heterocycles. The highest BCUT2D eigenvalue weighted by Gasteiger charge is 2.15. The molecular weight excluding hydrogens is 264 g/mol. The van der Waals surface area contributed by atoms with E-state index >= 15 is 0 Å².